The number of fused-ring (bicyclic) bond motifs is 2. The molecule has 0 aliphatic carbocycles. The molecule has 0 amide bonds. The third kappa shape index (κ3) is 2.97. The maximum atomic E-state index is 13.1. The summed E-state index contributed by atoms with van der Waals surface area (Å²) in [4.78, 5) is 25.7. The lowest BCUT2D eigenvalue weighted by Crippen LogP contribution is -2.36. The first-order valence-corrected chi connectivity index (χ1v) is 9.47. The molecule has 0 radical (unpaired) electrons. The van der Waals surface area contributed by atoms with Crippen molar-refractivity contribution in [3.8, 4) is 5.75 Å². The Hall–Kier alpha value is -2.42. The van der Waals surface area contributed by atoms with E-state index in [-0.39, 0.29) is 31.1 Å². The van der Waals surface area contributed by atoms with Crippen molar-refractivity contribution in [1.29, 1.82) is 0 Å². The average Bonchev–Trinajstić information content (AvgIpc) is 3.25. The van der Waals surface area contributed by atoms with Crippen LogP contribution in [0.2, 0.25) is 0 Å². The van der Waals surface area contributed by atoms with Crippen molar-refractivity contribution in [2.45, 2.75) is 44.8 Å². The highest BCUT2D eigenvalue weighted by molar-refractivity contribution is 5.99. The Labute approximate surface area is 161 Å². The number of hydrogen-bond donors (Lipinski definition) is 1. The highest BCUT2D eigenvalue weighted by Crippen LogP contribution is 2.34. The Morgan fingerprint density at radius 2 is 1.96 bits per heavy atom. The van der Waals surface area contributed by atoms with E-state index in [4.69, 9.17) is 18.9 Å². The number of aromatic nitrogens is 1. The van der Waals surface area contributed by atoms with Crippen LogP contribution >= 0.6 is 0 Å². The van der Waals surface area contributed by atoms with E-state index in [1.54, 1.807) is 13.0 Å². The van der Waals surface area contributed by atoms with Crippen LogP contribution in [0.25, 0.3) is 10.9 Å². The normalized spacial score (nSPS) is 26.4. The molecule has 0 spiro atoms. The summed E-state index contributed by atoms with van der Waals surface area (Å²) < 4.78 is 24.0. The molecule has 1 N–H and O–H groups in total. The number of nitrogens with zero attached hydrogens (tertiary/aromatic N) is 1. The monoisotopic (exact) mass is 389 g/mol. The maximum absolute atomic E-state index is 13.1. The Kier molecular flexibility index (Phi) is 5.09. The van der Waals surface area contributed by atoms with Gasteiger partial charge in [0.15, 0.2) is 11.7 Å². The zero-order valence-electron chi connectivity index (χ0n) is 15.8. The largest absolute Gasteiger partial charge is 0.483 e. The minimum Gasteiger partial charge on any atom is -0.483 e. The third-order valence-electron chi connectivity index (χ3n) is 5.17. The van der Waals surface area contributed by atoms with Gasteiger partial charge in [-0.15, -0.1) is 0 Å². The number of para-hydroxylation sites is 1. The summed E-state index contributed by atoms with van der Waals surface area (Å²) in [7, 11) is 0. The van der Waals surface area contributed by atoms with Gasteiger partial charge in [-0.05, 0) is 26.0 Å². The molecular weight excluding hydrogens is 366 g/mol. The molecule has 3 heterocycles. The molecule has 2 aromatic rings. The van der Waals surface area contributed by atoms with Gasteiger partial charge in [0.2, 0.25) is 0 Å². The van der Waals surface area contributed by atoms with Crippen LogP contribution in [0.5, 0.6) is 5.75 Å². The van der Waals surface area contributed by atoms with Crippen molar-refractivity contribution in [1.82, 2.24) is 4.57 Å². The Morgan fingerprint density at radius 3 is 2.71 bits per heavy atom. The molecule has 2 aliphatic heterocycles. The number of carbonyl (C=O) groups is 1. The van der Waals surface area contributed by atoms with Gasteiger partial charge in [0.1, 0.15) is 24.1 Å². The number of aliphatic hydroxyl groups excluding tert-OH is 1. The third-order valence-corrected chi connectivity index (χ3v) is 5.17. The molecule has 4 rings (SSSR count). The van der Waals surface area contributed by atoms with Crippen LogP contribution in [-0.4, -0.2) is 59.9 Å². The summed E-state index contributed by atoms with van der Waals surface area (Å²) >= 11 is 0. The van der Waals surface area contributed by atoms with Crippen LogP contribution in [0, 0.1) is 0 Å². The number of benzene rings is 1. The Bertz CT molecular complexity index is 953. The summed E-state index contributed by atoms with van der Waals surface area (Å²) in [6, 6.07) is 7.26. The number of aryl methyl sites for hydroxylation is 1. The lowest BCUT2D eigenvalue weighted by Gasteiger charge is -2.22. The predicted octanol–water partition coefficient (Wildman–Crippen LogP) is 1.10. The SMILES string of the molecule is CCOC(=O)c1c(OC2CO[C@H]3[C@@H]2OC[C@@H]3O)c2ccccc2n(CC)c1=O. The van der Waals surface area contributed by atoms with E-state index in [9.17, 15) is 14.7 Å². The molecule has 2 saturated heterocycles. The summed E-state index contributed by atoms with van der Waals surface area (Å²) in [5.41, 5.74) is 0.0720. The average molecular weight is 389 g/mol. The number of aliphatic hydroxyl groups is 1. The van der Waals surface area contributed by atoms with Crippen molar-refractivity contribution in [3.05, 3.63) is 40.2 Å². The van der Waals surface area contributed by atoms with Gasteiger partial charge in [-0.25, -0.2) is 4.79 Å². The van der Waals surface area contributed by atoms with Gasteiger partial charge in [-0.2, -0.15) is 0 Å². The molecule has 1 aromatic heterocycles. The predicted molar refractivity (Wildman–Crippen MR) is 99.7 cm³/mol. The molecule has 4 atom stereocenters. The van der Waals surface area contributed by atoms with Crippen molar-refractivity contribution in [2.24, 2.45) is 0 Å². The quantitative estimate of drug-likeness (QED) is 0.765. The molecule has 0 saturated carbocycles. The molecule has 1 aromatic carbocycles. The first kappa shape index (κ1) is 18.9. The zero-order valence-corrected chi connectivity index (χ0v) is 15.8. The van der Waals surface area contributed by atoms with Crippen LogP contribution in [0.3, 0.4) is 0 Å². The van der Waals surface area contributed by atoms with Gasteiger partial charge in [0.05, 0.1) is 25.3 Å². The van der Waals surface area contributed by atoms with Gasteiger partial charge in [-0.1, -0.05) is 12.1 Å². The van der Waals surface area contributed by atoms with Crippen molar-refractivity contribution in [2.75, 3.05) is 19.8 Å². The fraction of sp³-hybridized carbons (Fsp3) is 0.500. The number of esters is 1. The Balaban J connectivity index is 1.85. The lowest BCUT2D eigenvalue weighted by molar-refractivity contribution is 0.00847. The van der Waals surface area contributed by atoms with Crippen molar-refractivity contribution >= 4 is 16.9 Å². The topological polar surface area (TPSA) is 96.2 Å². The molecule has 28 heavy (non-hydrogen) atoms. The van der Waals surface area contributed by atoms with E-state index in [2.05, 4.69) is 0 Å². The summed E-state index contributed by atoms with van der Waals surface area (Å²) in [5.74, 6) is -0.554. The van der Waals surface area contributed by atoms with Crippen LogP contribution < -0.4 is 10.3 Å². The van der Waals surface area contributed by atoms with E-state index in [1.807, 2.05) is 25.1 Å². The second-order valence-corrected chi connectivity index (χ2v) is 6.81. The molecule has 150 valence electrons. The van der Waals surface area contributed by atoms with E-state index in [0.29, 0.717) is 17.4 Å². The van der Waals surface area contributed by atoms with Crippen LogP contribution in [0.15, 0.2) is 29.1 Å². The van der Waals surface area contributed by atoms with Gasteiger partial charge in [0, 0.05) is 11.9 Å². The minimum absolute atomic E-state index is 0.135. The number of rotatable bonds is 5. The van der Waals surface area contributed by atoms with E-state index >= 15 is 0 Å². The fourth-order valence-electron chi connectivity index (χ4n) is 3.89. The molecule has 0 bridgehead atoms. The molecule has 8 nitrogen and oxygen atoms in total. The van der Waals surface area contributed by atoms with Gasteiger partial charge in [0.25, 0.3) is 5.56 Å². The van der Waals surface area contributed by atoms with Crippen molar-refractivity contribution < 1.29 is 28.8 Å². The van der Waals surface area contributed by atoms with E-state index < -0.39 is 35.9 Å². The van der Waals surface area contributed by atoms with Gasteiger partial charge < -0.3 is 28.6 Å². The standard InChI is InChI=1S/C20H23NO7/c1-3-21-12-8-6-5-7-11(12)16(15(19(21)23)20(24)25-4-2)28-14-10-27-17-13(22)9-26-18(14)17/h5-8,13-14,17-18,22H,3-4,9-10H2,1-2H3/t13-,14?,17+,18+/m0/s1. The maximum Gasteiger partial charge on any atom is 0.347 e. The van der Waals surface area contributed by atoms with Crippen molar-refractivity contribution in [3.63, 3.8) is 0 Å². The number of hydrogen-bond acceptors (Lipinski definition) is 7. The highest BCUT2D eigenvalue weighted by Gasteiger charge is 2.49. The number of ether oxygens (including phenoxy) is 4. The summed E-state index contributed by atoms with van der Waals surface area (Å²) in [6.45, 7) is 4.42. The zero-order chi connectivity index (χ0) is 19.8. The van der Waals surface area contributed by atoms with Gasteiger partial charge in [-0.3, -0.25) is 4.79 Å². The van der Waals surface area contributed by atoms with E-state index in [1.165, 1.54) is 4.57 Å². The Morgan fingerprint density at radius 1 is 1.21 bits per heavy atom. The summed E-state index contributed by atoms with van der Waals surface area (Å²) in [5, 5.41) is 10.6. The first-order valence-electron chi connectivity index (χ1n) is 9.47. The molecule has 2 fully saturated rings. The highest BCUT2D eigenvalue weighted by atomic mass is 16.6. The van der Waals surface area contributed by atoms with Gasteiger partial charge >= 0.3 is 5.97 Å². The van der Waals surface area contributed by atoms with Crippen LogP contribution in [0.4, 0.5) is 0 Å². The smallest absolute Gasteiger partial charge is 0.347 e. The summed E-state index contributed by atoms with van der Waals surface area (Å²) in [6.07, 6.45) is -2.20. The van der Waals surface area contributed by atoms with Crippen LogP contribution in [-0.2, 0) is 20.8 Å². The number of carbonyl (C=O) groups excluding carboxylic acids is 1. The lowest BCUT2D eigenvalue weighted by atomic mass is 10.1. The minimum atomic E-state index is -0.724. The molecule has 1 unspecified atom stereocenters. The second-order valence-electron chi connectivity index (χ2n) is 6.81. The molecule has 2 aliphatic rings. The first-order chi connectivity index (χ1) is 13.6. The molecular formula is C20H23NO7. The second kappa shape index (κ2) is 7.54. The molecule has 8 heteroatoms. The van der Waals surface area contributed by atoms with Crippen LogP contribution in [0.1, 0.15) is 24.2 Å². The van der Waals surface area contributed by atoms with E-state index in [0.717, 1.165) is 0 Å². The fourth-order valence-corrected chi connectivity index (χ4v) is 3.89. The number of pyridine rings is 1.